The molecule has 190 valence electrons. The Bertz CT molecular complexity index is 1430. The zero-order valence-electron chi connectivity index (χ0n) is 21.4. The van der Waals surface area contributed by atoms with E-state index in [0.717, 1.165) is 83.3 Å². The van der Waals surface area contributed by atoms with Crippen LogP contribution >= 0.6 is 0 Å². The second-order valence-electron chi connectivity index (χ2n) is 10.0. The van der Waals surface area contributed by atoms with Gasteiger partial charge < -0.3 is 25.5 Å². The topological polar surface area (TPSA) is 102 Å². The van der Waals surface area contributed by atoms with E-state index in [4.69, 9.17) is 0 Å². The van der Waals surface area contributed by atoms with Crippen molar-refractivity contribution in [2.75, 3.05) is 20.1 Å². The lowest BCUT2D eigenvalue weighted by Gasteiger charge is -2.15. The van der Waals surface area contributed by atoms with Gasteiger partial charge in [-0.05, 0) is 66.7 Å². The number of benzene rings is 2. The largest absolute Gasteiger partial charge is 0.341 e. The van der Waals surface area contributed by atoms with Crippen molar-refractivity contribution in [3.63, 3.8) is 0 Å². The van der Waals surface area contributed by atoms with Crippen molar-refractivity contribution in [2.45, 2.75) is 45.3 Å². The number of carbonyl (C=O) groups excluding carboxylic acids is 1. The van der Waals surface area contributed by atoms with E-state index in [9.17, 15) is 4.79 Å². The summed E-state index contributed by atoms with van der Waals surface area (Å²) in [6.45, 7) is 5.42. The van der Waals surface area contributed by atoms with Crippen molar-refractivity contribution in [3.8, 4) is 33.6 Å². The van der Waals surface area contributed by atoms with E-state index in [1.807, 2.05) is 25.5 Å². The predicted molar refractivity (Wildman–Crippen MR) is 145 cm³/mol. The summed E-state index contributed by atoms with van der Waals surface area (Å²) < 4.78 is 0. The molecule has 6 rings (SSSR count). The number of aromatic amines is 2. The molecule has 8 heteroatoms. The Morgan fingerprint density at radius 1 is 1.00 bits per heavy atom. The van der Waals surface area contributed by atoms with E-state index in [1.54, 1.807) is 4.90 Å². The minimum absolute atomic E-state index is 0.0256. The van der Waals surface area contributed by atoms with Crippen LogP contribution in [0.25, 0.3) is 33.6 Å². The summed E-state index contributed by atoms with van der Waals surface area (Å²) in [6, 6.07) is 12.9. The Hall–Kier alpha value is -3.75. The van der Waals surface area contributed by atoms with Crippen molar-refractivity contribution < 1.29 is 4.79 Å². The summed E-state index contributed by atoms with van der Waals surface area (Å²) in [7, 11) is 1.87. The van der Waals surface area contributed by atoms with Gasteiger partial charge in [-0.2, -0.15) is 0 Å². The van der Waals surface area contributed by atoms with Crippen molar-refractivity contribution in [1.82, 2.24) is 35.5 Å². The molecule has 37 heavy (non-hydrogen) atoms. The first-order chi connectivity index (χ1) is 18.1. The molecule has 2 aromatic heterocycles. The number of carbonyl (C=O) groups is 1. The fraction of sp³-hybridized carbons (Fsp3) is 0.345. The molecule has 4 N–H and O–H groups in total. The average Bonchev–Trinajstić information content (AvgIpc) is 3.69. The Morgan fingerprint density at radius 2 is 1.78 bits per heavy atom. The molecule has 2 aromatic carbocycles. The predicted octanol–water partition coefficient (Wildman–Crippen LogP) is 4.64. The summed E-state index contributed by atoms with van der Waals surface area (Å²) in [5, 5.41) is 6.87. The van der Waals surface area contributed by atoms with Crippen LogP contribution in [0.5, 0.6) is 0 Å². The number of H-pyrrole nitrogens is 2. The Balaban J connectivity index is 1.32. The van der Waals surface area contributed by atoms with Crippen molar-refractivity contribution in [1.29, 1.82) is 0 Å². The SMILES string of the molecule is CCCNCc1ncc(-c2ccc3c(c2)CN(C)C(=O)c2cc(-c4cnc([C@@H]5CCCN5)[nH]4)ccc2-3)[nH]1. The molecule has 4 heterocycles. The molecule has 0 aliphatic carbocycles. The minimum Gasteiger partial charge on any atom is -0.341 e. The number of nitrogens with zero attached hydrogens (tertiary/aromatic N) is 3. The van der Waals surface area contributed by atoms with Gasteiger partial charge in [0, 0.05) is 24.7 Å². The first-order valence-corrected chi connectivity index (χ1v) is 13.2. The highest BCUT2D eigenvalue weighted by Crippen LogP contribution is 2.36. The molecule has 4 aromatic rings. The summed E-state index contributed by atoms with van der Waals surface area (Å²) in [6.07, 6.45) is 7.11. The quantitative estimate of drug-likeness (QED) is 0.280. The molecule has 2 aliphatic rings. The molecule has 2 aliphatic heterocycles. The van der Waals surface area contributed by atoms with Crippen LogP contribution in [0.3, 0.4) is 0 Å². The summed E-state index contributed by atoms with van der Waals surface area (Å²) in [5.41, 5.74) is 7.85. The van der Waals surface area contributed by atoms with Crippen LogP contribution in [-0.4, -0.2) is 50.9 Å². The first-order valence-electron chi connectivity index (χ1n) is 13.2. The number of hydrogen-bond acceptors (Lipinski definition) is 5. The maximum Gasteiger partial charge on any atom is 0.254 e. The van der Waals surface area contributed by atoms with Gasteiger partial charge in [-0.25, -0.2) is 9.97 Å². The van der Waals surface area contributed by atoms with E-state index >= 15 is 0 Å². The monoisotopic (exact) mass is 495 g/mol. The van der Waals surface area contributed by atoms with Crippen LogP contribution in [0.15, 0.2) is 48.8 Å². The van der Waals surface area contributed by atoms with E-state index in [-0.39, 0.29) is 11.9 Å². The van der Waals surface area contributed by atoms with E-state index in [1.165, 1.54) is 6.42 Å². The molecular weight excluding hydrogens is 462 g/mol. The standard InChI is InChI=1S/C29H33N7O/c1-3-10-30-16-27-32-14-25(34-27)18-6-8-21-20(12-18)17-36(2)29(37)23-13-19(7-9-22(21)23)26-15-33-28(35-26)24-5-4-11-31-24/h6-9,12-15,24,30-31H,3-5,10-11,16-17H2,1-2H3,(H,32,34)(H,33,35)/t24-/m0/s1. The molecule has 0 unspecified atom stereocenters. The summed E-state index contributed by atoms with van der Waals surface area (Å²) in [4.78, 5) is 31.3. The Kier molecular flexibility index (Phi) is 6.36. The lowest BCUT2D eigenvalue weighted by Crippen LogP contribution is -2.24. The third-order valence-corrected chi connectivity index (χ3v) is 7.36. The Labute approximate surface area is 216 Å². The van der Waals surface area contributed by atoms with Gasteiger partial charge in [0.15, 0.2) is 0 Å². The highest BCUT2D eigenvalue weighted by Gasteiger charge is 2.25. The number of fused-ring (bicyclic) bond motifs is 3. The second kappa shape index (κ2) is 9.95. The van der Waals surface area contributed by atoms with Crippen LogP contribution < -0.4 is 10.6 Å². The van der Waals surface area contributed by atoms with Crippen LogP contribution in [0, 0.1) is 0 Å². The van der Waals surface area contributed by atoms with E-state index in [0.29, 0.717) is 12.1 Å². The highest BCUT2D eigenvalue weighted by atomic mass is 16.2. The lowest BCUT2D eigenvalue weighted by molar-refractivity contribution is 0.0788. The number of amides is 1. The molecule has 0 saturated carbocycles. The van der Waals surface area contributed by atoms with Gasteiger partial charge in [0.1, 0.15) is 11.6 Å². The molecule has 0 bridgehead atoms. The van der Waals surface area contributed by atoms with Crippen LogP contribution in [0.4, 0.5) is 0 Å². The van der Waals surface area contributed by atoms with Gasteiger partial charge in [-0.3, -0.25) is 4.79 Å². The van der Waals surface area contributed by atoms with Crippen molar-refractivity contribution >= 4 is 5.91 Å². The van der Waals surface area contributed by atoms with Crippen molar-refractivity contribution in [2.24, 2.45) is 0 Å². The fourth-order valence-corrected chi connectivity index (χ4v) is 5.37. The summed E-state index contributed by atoms with van der Waals surface area (Å²) >= 11 is 0. The van der Waals surface area contributed by atoms with Crippen LogP contribution in [0.1, 0.15) is 59.8 Å². The van der Waals surface area contributed by atoms with Crippen LogP contribution in [0.2, 0.25) is 0 Å². The molecule has 8 nitrogen and oxygen atoms in total. The van der Waals surface area contributed by atoms with Crippen molar-refractivity contribution in [3.05, 3.63) is 71.6 Å². The number of imidazole rings is 2. The van der Waals surface area contributed by atoms with Gasteiger partial charge in [0.25, 0.3) is 5.91 Å². The first kappa shape index (κ1) is 23.6. The van der Waals surface area contributed by atoms with E-state index in [2.05, 4.69) is 67.8 Å². The van der Waals surface area contributed by atoms with Gasteiger partial charge >= 0.3 is 0 Å². The number of nitrogens with one attached hydrogen (secondary N) is 4. The zero-order valence-corrected chi connectivity index (χ0v) is 21.4. The second-order valence-corrected chi connectivity index (χ2v) is 10.0. The molecule has 0 radical (unpaired) electrons. The molecule has 0 spiro atoms. The number of rotatable bonds is 7. The van der Waals surface area contributed by atoms with Gasteiger partial charge in [-0.1, -0.05) is 31.2 Å². The smallest absolute Gasteiger partial charge is 0.254 e. The van der Waals surface area contributed by atoms with Gasteiger partial charge in [0.2, 0.25) is 0 Å². The lowest BCUT2D eigenvalue weighted by atomic mass is 9.93. The van der Waals surface area contributed by atoms with E-state index < -0.39 is 0 Å². The molecule has 1 saturated heterocycles. The minimum atomic E-state index is 0.0256. The maximum atomic E-state index is 13.5. The third-order valence-electron chi connectivity index (χ3n) is 7.36. The number of aromatic nitrogens is 4. The third kappa shape index (κ3) is 4.58. The number of hydrogen-bond donors (Lipinski definition) is 4. The zero-order chi connectivity index (χ0) is 25.4. The summed E-state index contributed by atoms with van der Waals surface area (Å²) in [5.74, 6) is 1.92. The maximum absolute atomic E-state index is 13.5. The Morgan fingerprint density at radius 3 is 2.59 bits per heavy atom. The molecular formula is C29H33N7O. The normalized spacial score (nSPS) is 17.1. The highest BCUT2D eigenvalue weighted by molar-refractivity contribution is 6.03. The van der Waals surface area contributed by atoms with Gasteiger partial charge in [-0.15, -0.1) is 0 Å². The molecule has 1 fully saturated rings. The molecule has 1 amide bonds. The fourth-order valence-electron chi connectivity index (χ4n) is 5.37. The van der Waals surface area contributed by atoms with Crippen LogP contribution in [-0.2, 0) is 13.1 Å². The molecule has 1 atom stereocenters. The average molecular weight is 496 g/mol. The van der Waals surface area contributed by atoms with Gasteiger partial charge in [0.05, 0.1) is 36.4 Å².